The van der Waals surface area contributed by atoms with Crippen LogP contribution in [0.4, 0.5) is 0 Å². The second-order valence-corrected chi connectivity index (χ2v) is 6.82. The van der Waals surface area contributed by atoms with E-state index in [1.165, 1.54) is 0 Å². The molecule has 2 aromatic rings. The maximum Gasteiger partial charge on any atom is 0.264 e. The van der Waals surface area contributed by atoms with Gasteiger partial charge in [-0.05, 0) is 43.0 Å². The topological polar surface area (TPSA) is 49.3 Å². The van der Waals surface area contributed by atoms with Crippen molar-refractivity contribution in [1.29, 1.82) is 0 Å². The number of likely N-dealkylation sites (N-methyl/N-ethyl adjacent to an activating group) is 1. The molecule has 0 bridgehead atoms. The summed E-state index contributed by atoms with van der Waals surface area (Å²) < 4.78 is 0. The molecule has 0 aliphatic carbocycles. The van der Waals surface area contributed by atoms with Crippen LogP contribution < -0.4 is 0 Å². The second kappa shape index (κ2) is 7.19. The largest absolute Gasteiger partial charge is 0.336 e. The van der Waals surface area contributed by atoms with Crippen LogP contribution in [0.2, 0.25) is 0 Å². The van der Waals surface area contributed by atoms with Crippen molar-refractivity contribution in [3.63, 3.8) is 0 Å². The first-order valence-corrected chi connectivity index (χ1v) is 8.88. The Kier molecular flexibility index (Phi) is 5.03. The van der Waals surface area contributed by atoms with Crippen molar-refractivity contribution in [2.45, 2.75) is 32.4 Å². The summed E-state index contributed by atoms with van der Waals surface area (Å²) in [4.78, 5) is 26.4. The minimum Gasteiger partial charge on any atom is -0.336 e. The van der Waals surface area contributed by atoms with E-state index in [2.05, 4.69) is 34.9 Å². The van der Waals surface area contributed by atoms with E-state index >= 15 is 0 Å². The van der Waals surface area contributed by atoms with Crippen LogP contribution >= 0.6 is 11.3 Å². The van der Waals surface area contributed by atoms with Gasteiger partial charge < -0.3 is 4.90 Å². The number of carbonyl (C=O) groups excluding carboxylic acids is 1. The standard InChI is InChI=1S/C17H22N4OS/c1-3-13-6-10-23-16(13)17(22)21-9-5-14(11-21)20(2)12-15-18-7-4-8-19-15/h4,6-8,10,14H,3,5,9,11-12H2,1-2H3/t14-/m0/s1. The van der Waals surface area contributed by atoms with Gasteiger partial charge in [-0.15, -0.1) is 11.3 Å². The number of rotatable bonds is 5. The van der Waals surface area contributed by atoms with Gasteiger partial charge in [0.05, 0.1) is 11.4 Å². The van der Waals surface area contributed by atoms with Crippen LogP contribution in [0.3, 0.4) is 0 Å². The lowest BCUT2D eigenvalue weighted by molar-refractivity contribution is 0.0783. The van der Waals surface area contributed by atoms with Gasteiger partial charge in [0, 0.05) is 31.5 Å². The first-order chi connectivity index (χ1) is 11.2. The molecule has 1 amide bonds. The van der Waals surface area contributed by atoms with Crippen LogP contribution in [-0.2, 0) is 13.0 Å². The molecule has 0 N–H and O–H groups in total. The summed E-state index contributed by atoms with van der Waals surface area (Å²) in [5, 5.41) is 2.01. The monoisotopic (exact) mass is 330 g/mol. The zero-order valence-electron chi connectivity index (χ0n) is 13.6. The highest BCUT2D eigenvalue weighted by atomic mass is 32.1. The van der Waals surface area contributed by atoms with Crippen molar-refractivity contribution in [3.05, 3.63) is 46.2 Å². The van der Waals surface area contributed by atoms with Gasteiger partial charge in [-0.3, -0.25) is 9.69 Å². The molecular weight excluding hydrogens is 308 g/mol. The molecule has 23 heavy (non-hydrogen) atoms. The zero-order chi connectivity index (χ0) is 16.2. The van der Waals surface area contributed by atoms with Gasteiger partial charge in [0.1, 0.15) is 5.82 Å². The fourth-order valence-corrected chi connectivity index (χ4v) is 3.96. The third-order valence-electron chi connectivity index (χ3n) is 4.41. The third kappa shape index (κ3) is 3.59. The molecule has 1 aliphatic rings. The summed E-state index contributed by atoms with van der Waals surface area (Å²) in [6.45, 7) is 4.42. The predicted molar refractivity (Wildman–Crippen MR) is 91.5 cm³/mol. The lowest BCUT2D eigenvalue weighted by Crippen LogP contribution is -2.36. The second-order valence-electron chi connectivity index (χ2n) is 5.90. The SMILES string of the molecule is CCc1ccsc1C(=O)N1CC[C@H](N(C)Cc2ncccn2)C1. The smallest absolute Gasteiger partial charge is 0.264 e. The van der Waals surface area contributed by atoms with Gasteiger partial charge in [-0.1, -0.05) is 6.92 Å². The van der Waals surface area contributed by atoms with Crippen LogP contribution in [0.25, 0.3) is 0 Å². The van der Waals surface area contributed by atoms with Gasteiger partial charge in [0.2, 0.25) is 0 Å². The zero-order valence-corrected chi connectivity index (χ0v) is 14.4. The number of amides is 1. The summed E-state index contributed by atoms with van der Waals surface area (Å²) >= 11 is 1.56. The van der Waals surface area contributed by atoms with Crippen LogP contribution in [0, 0.1) is 0 Å². The number of aromatic nitrogens is 2. The van der Waals surface area contributed by atoms with Crippen molar-refractivity contribution in [3.8, 4) is 0 Å². The number of thiophene rings is 1. The van der Waals surface area contributed by atoms with Crippen molar-refractivity contribution >= 4 is 17.2 Å². The number of likely N-dealkylation sites (tertiary alicyclic amines) is 1. The quantitative estimate of drug-likeness (QED) is 0.845. The Balaban J connectivity index is 1.61. The van der Waals surface area contributed by atoms with Crippen molar-refractivity contribution in [2.24, 2.45) is 0 Å². The van der Waals surface area contributed by atoms with Gasteiger partial charge in [-0.25, -0.2) is 9.97 Å². The van der Waals surface area contributed by atoms with Crippen LogP contribution in [0.5, 0.6) is 0 Å². The lowest BCUT2D eigenvalue weighted by Gasteiger charge is -2.24. The molecule has 1 fully saturated rings. The van der Waals surface area contributed by atoms with E-state index in [4.69, 9.17) is 0 Å². The van der Waals surface area contributed by atoms with E-state index in [1.54, 1.807) is 23.7 Å². The molecule has 6 heteroatoms. The normalized spacial score (nSPS) is 17.9. The Morgan fingerprint density at radius 2 is 2.22 bits per heavy atom. The molecule has 1 atom stereocenters. The fraction of sp³-hybridized carbons (Fsp3) is 0.471. The minimum atomic E-state index is 0.184. The highest BCUT2D eigenvalue weighted by Gasteiger charge is 2.30. The third-order valence-corrected chi connectivity index (χ3v) is 5.35. The maximum atomic E-state index is 12.7. The molecule has 0 radical (unpaired) electrons. The number of carbonyl (C=O) groups is 1. The number of nitrogens with zero attached hydrogens (tertiary/aromatic N) is 4. The molecule has 0 saturated carbocycles. The summed E-state index contributed by atoms with van der Waals surface area (Å²) in [5.41, 5.74) is 1.16. The van der Waals surface area contributed by atoms with Gasteiger partial charge in [-0.2, -0.15) is 0 Å². The van der Waals surface area contributed by atoms with E-state index in [0.717, 1.165) is 42.2 Å². The first-order valence-electron chi connectivity index (χ1n) is 8.00. The number of hydrogen-bond donors (Lipinski definition) is 0. The van der Waals surface area contributed by atoms with E-state index in [1.807, 2.05) is 16.3 Å². The average Bonchev–Trinajstić information content (AvgIpc) is 3.24. The van der Waals surface area contributed by atoms with Gasteiger partial charge in [0.15, 0.2) is 0 Å². The van der Waals surface area contributed by atoms with Gasteiger partial charge in [0.25, 0.3) is 5.91 Å². The van der Waals surface area contributed by atoms with Crippen LogP contribution in [-0.4, -0.2) is 51.9 Å². The summed E-state index contributed by atoms with van der Waals surface area (Å²) in [6.07, 6.45) is 5.45. The highest BCUT2D eigenvalue weighted by Crippen LogP contribution is 2.23. The summed E-state index contributed by atoms with van der Waals surface area (Å²) in [5.74, 6) is 1.01. The molecule has 3 heterocycles. The molecule has 0 aromatic carbocycles. The maximum absolute atomic E-state index is 12.7. The Labute approximate surface area is 141 Å². The Morgan fingerprint density at radius 1 is 1.43 bits per heavy atom. The first kappa shape index (κ1) is 16.1. The molecular formula is C17H22N4OS. The number of aryl methyl sites for hydroxylation is 1. The van der Waals surface area contributed by atoms with Gasteiger partial charge >= 0.3 is 0 Å². The Hall–Kier alpha value is -1.79. The molecule has 3 rings (SSSR count). The van der Waals surface area contributed by atoms with E-state index in [0.29, 0.717) is 12.6 Å². The highest BCUT2D eigenvalue weighted by molar-refractivity contribution is 7.12. The Bertz CT molecular complexity index is 658. The minimum absolute atomic E-state index is 0.184. The molecule has 1 aliphatic heterocycles. The van der Waals surface area contributed by atoms with Crippen LogP contribution in [0.15, 0.2) is 29.9 Å². The molecule has 5 nitrogen and oxygen atoms in total. The van der Waals surface area contributed by atoms with E-state index in [-0.39, 0.29) is 5.91 Å². The number of hydrogen-bond acceptors (Lipinski definition) is 5. The molecule has 0 unspecified atom stereocenters. The molecule has 2 aromatic heterocycles. The van der Waals surface area contributed by atoms with E-state index < -0.39 is 0 Å². The van der Waals surface area contributed by atoms with Crippen LogP contribution in [0.1, 0.15) is 34.4 Å². The fourth-order valence-electron chi connectivity index (χ4n) is 3.00. The van der Waals surface area contributed by atoms with Crippen molar-refractivity contribution in [2.75, 3.05) is 20.1 Å². The average molecular weight is 330 g/mol. The molecule has 0 spiro atoms. The molecule has 122 valence electrons. The molecule has 1 saturated heterocycles. The van der Waals surface area contributed by atoms with Crippen molar-refractivity contribution < 1.29 is 4.79 Å². The van der Waals surface area contributed by atoms with E-state index in [9.17, 15) is 4.79 Å². The lowest BCUT2D eigenvalue weighted by atomic mass is 10.2. The van der Waals surface area contributed by atoms with Crippen molar-refractivity contribution in [1.82, 2.24) is 19.8 Å². The predicted octanol–water partition coefficient (Wildman–Crippen LogP) is 2.45. The summed E-state index contributed by atoms with van der Waals surface area (Å²) in [7, 11) is 2.08. The Morgan fingerprint density at radius 3 is 2.96 bits per heavy atom. The summed E-state index contributed by atoms with van der Waals surface area (Å²) in [6, 6.07) is 4.25.